The van der Waals surface area contributed by atoms with E-state index < -0.39 is 64.7 Å². The largest absolute Gasteiger partial charge is 0.573 e. The van der Waals surface area contributed by atoms with Gasteiger partial charge in [0.05, 0.1) is 34.9 Å². The second-order valence-electron chi connectivity index (χ2n) is 17.8. The topological polar surface area (TPSA) is 112 Å². The van der Waals surface area contributed by atoms with E-state index in [0.717, 1.165) is 41.5 Å². The van der Waals surface area contributed by atoms with Crippen molar-refractivity contribution in [3.8, 4) is 17.1 Å². The molecule has 2 amide bonds. The summed E-state index contributed by atoms with van der Waals surface area (Å²) in [6.07, 6.45) is -5.43. The van der Waals surface area contributed by atoms with E-state index in [9.17, 15) is 46.1 Å². The average Bonchev–Trinajstić information content (AvgIpc) is 3.85. The number of hydrogen-bond acceptors (Lipinski definition) is 6. The normalized spacial score (nSPS) is 21.9. The molecule has 8 rings (SSSR count). The van der Waals surface area contributed by atoms with Crippen LogP contribution in [-0.4, -0.2) is 51.5 Å². The monoisotopic (exact) mass is 936 g/mol. The number of halogens is 7. The fourth-order valence-corrected chi connectivity index (χ4v) is 9.67. The average molecular weight is 937 g/mol. The van der Waals surface area contributed by atoms with Crippen LogP contribution >= 0.6 is 11.6 Å². The van der Waals surface area contributed by atoms with Gasteiger partial charge < -0.3 is 29.6 Å². The Kier molecular flexibility index (Phi) is 14.2. The van der Waals surface area contributed by atoms with Crippen LogP contribution in [0.3, 0.4) is 0 Å². The second-order valence-corrected chi connectivity index (χ2v) is 18.2. The zero-order chi connectivity index (χ0) is 47.6. The third-order valence-corrected chi connectivity index (χ3v) is 13.5. The number of rotatable bonds is 10. The van der Waals surface area contributed by atoms with E-state index in [1.165, 1.54) is 29.2 Å². The Morgan fingerprint density at radius 2 is 1.67 bits per heavy atom. The van der Waals surface area contributed by atoms with Crippen LogP contribution in [0.4, 0.5) is 31.1 Å². The van der Waals surface area contributed by atoms with Gasteiger partial charge in [-0.2, -0.15) is 13.2 Å². The minimum atomic E-state index is -4.90. The molecule has 0 radical (unpaired) electrons. The molecule has 5 atom stereocenters. The minimum absolute atomic E-state index is 0.00973. The van der Waals surface area contributed by atoms with E-state index in [2.05, 4.69) is 16.1 Å². The van der Waals surface area contributed by atoms with Gasteiger partial charge in [-0.25, -0.2) is 4.79 Å². The Morgan fingerprint density at radius 3 is 2.36 bits per heavy atom. The maximum atomic E-state index is 14.7. The summed E-state index contributed by atoms with van der Waals surface area (Å²) in [5, 5.41) is 27.3. The highest BCUT2D eigenvalue weighted by Crippen LogP contribution is 2.59. The molecule has 2 bridgehead atoms. The number of carbonyl (C=O) groups is 2. The fraction of sp³-hybridized carbons (Fsp3) is 0.373. The SMILES string of the molecule is CC1=CCC[C@@]2(C)[C@@H](CC[C@@]2(O)CN(Cc2ccc(OC(F)(F)F)cc2)C(=O)N[C@H](C)c2ccccc2)c2ccc(cc2C(=O)c2ccc(-c3cc(C(F)(F)F)ccc3Cl)o2)C[C@@H](O)CC1. The standard InChI is InChI=1S/C51H51ClF6N2O6/c1-31-8-7-24-48(3)42(23-25-49(48,64)30-60(47(63)59-32(2)35-9-5-4-6-10-35)29-33-12-17-38(18-13-33)66-51(56,57)58)39-19-14-34(26-37(61)16-11-31)27-40(39)46(62)45-22-21-44(65-45)41-28-36(50(53,54)55)15-20-43(41)52/h4-6,8-10,12-15,17-22,27-28,32,37,42,61,64H,7,11,16,23-26,29-30H2,1-3H3,(H,59,63)/t32-,37+,42+,48+,49-/m1/s1. The molecule has 5 aromatic rings. The Bertz CT molecular complexity index is 2560. The molecule has 15 heteroatoms. The molecule has 3 N–H and O–H groups in total. The number of amides is 2. The van der Waals surface area contributed by atoms with Gasteiger partial charge in [-0.05, 0) is 135 Å². The third-order valence-electron chi connectivity index (χ3n) is 13.2. The lowest BCUT2D eigenvalue weighted by Crippen LogP contribution is -2.55. The van der Waals surface area contributed by atoms with E-state index in [-0.39, 0.29) is 53.6 Å². The smallest absolute Gasteiger partial charge is 0.453 e. The van der Waals surface area contributed by atoms with Crippen molar-refractivity contribution < 1.29 is 55.3 Å². The number of nitrogens with zero attached hydrogens (tertiary/aromatic N) is 1. The van der Waals surface area contributed by atoms with Gasteiger partial charge >= 0.3 is 18.6 Å². The molecular weight excluding hydrogens is 886 g/mol. The van der Waals surface area contributed by atoms with Crippen LogP contribution in [0.1, 0.15) is 115 Å². The van der Waals surface area contributed by atoms with Crippen molar-refractivity contribution in [2.75, 3.05) is 6.54 Å². The first-order valence-electron chi connectivity index (χ1n) is 21.8. The van der Waals surface area contributed by atoms with Crippen LogP contribution < -0.4 is 10.1 Å². The lowest BCUT2D eigenvalue weighted by molar-refractivity contribution is -0.274. The second kappa shape index (κ2) is 19.3. The number of urea groups is 1. The molecule has 66 heavy (non-hydrogen) atoms. The van der Waals surface area contributed by atoms with Crippen LogP contribution in [0.25, 0.3) is 11.3 Å². The number of benzene rings is 4. The lowest BCUT2D eigenvalue weighted by Gasteiger charge is -2.46. The zero-order valence-electron chi connectivity index (χ0n) is 36.6. The van der Waals surface area contributed by atoms with Gasteiger partial charge in [-0.15, -0.1) is 13.2 Å². The number of carbonyl (C=O) groups excluding carboxylic acids is 2. The number of ketones is 1. The van der Waals surface area contributed by atoms with Crippen molar-refractivity contribution in [2.24, 2.45) is 5.41 Å². The van der Waals surface area contributed by atoms with Crippen LogP contribution in [0.2, 0.25) is 5.02 Å². The van der Waals surface area contributed by atoms with E-state index in [1.54, 1.807) is 6.07 Å². The van der Waals surface area contributed by atoms with Crippen molar-refractivity contribution in [1.29, 1.82) is 0 Å². The van der Waals surface area contributed by atoms with Gasteiger partial charge in [-0.3, -0.25) is 4.79 Å². The Hall–Kier alpha value is -5.57. The van der Waals surface area contributed by atoms with Crippen molar-refractivity contribution in [2.45, 2.75) is 108 Å². The van der Waals surface area contributed by atoms with Crippen molar-refractivity contribution in [3.05, 3.63) is 159 Å². The predicted octanol–water partition coefficient (Wildman–Crippen LogP) is 12.8. The number of aliphatic hydroxyl groups excluding tert-OH is 1. The Balaban J connectivity index is 1.27. The number of fused-ring (bicyclic) bond motifs is 8. The molecular formula is C51H51ClF6N2O6. The molecule has 3 aliphatic rings. The summed E-state index contributed by atoms with van der Waals surface area (Å²) in [5.41, 5.74) is 0.245. The van der Waals surface area contributed by atoms with Crippen LogP contribution in [0.5, 0.6) is 5.75 Å². The number of alkyl halides is 6. The van der Waals surface area contributed by atoms with Crippen molar-refractivity contribution in [1.82, 2.24) is 10.2 Å². The number of nitrogens with one attached hydrogen (secondary N) is 1. The molecule has 1 heterocycles. The van der Waals surface area contributed by atoms with Crippen LogP contribution in [0.15, 0.2) is 119 Å². The summed E-state index contributed by atoms with van der Waals surface area (Å²) >= 11 is 6.34. The summed E-state index contributed by atoms with van der Waals surface area (Å²) < 4.78 is 90.2. The summed E-state index contributed by atoms with van der Waals surface area (Å²) in [6.45, 7) is 5.47. The zero-order valence-corrected chi connectivity index (χ0v) is 37.4. The number of allylic oxidation sites excluding steroid dienone is 2. The molecule has 0 saturated heterocycles. The number of ether oxygens (including phenoxy) is 1. The molecule has 0 aliphatic heterocycles. The first-order chi connectivity index (χ1) is 31.1. The highest BCUT2D eigenvalue weighted by atomic mass is 35.5. The Morgan fingerprint density at radius 1 is 0.939 bits per heavy atom. The maximum absolute atomic E-state index is 14.7. The fourth-order valence-electron chi connectivity index (χ4n) is 9.46. The summed E-state index contributed by atoms with van der Waals surface area (Å²) in [5.74, 6) is -1.69. The quantitative estimate of drug-likeness (QED) is 0.0730. The van der Waals surface area contributed by atoms with E-state index in [0.29, 0.717) is 48.8 Å². The van der Waals surface area contributed by atoms with E-state index in [4.69, 9.17) is 16.0 Å². The maximum Gasteiger partial charge on any atom is 0.573 e. The van der Waals surface area contributed by atoms with E-state index >= 15 is 0 Å². The van der Waals surface area contributed by atoms with Gasteiger partial charge in [-0.1, -0.05) is 84.8 Å². The Labute approximate surface area is 384 Å². The summed E-state index contributed by atoms with van der Waals surface area (Å²) in [4.78, 5) is 30.6. The lowest BCUT2D eigenvalue weighted by atomic mass is 9.64. The van der Waals surface area contributed by atoms with Gasteiger partial charge in [0.15, 0.2) is 5.76 Å². The molecule has 4 aromatic carbocycles. The number of furan rings is 1. The number of aliphatic hydroxyl groups is 2. The van der Waals surface area contributed by atoms with Gasteiger partial charge in [0, 0.05) is 23.1 Å². The number of hydrogen-bond donors (Lipinski definition) is 3. The first kappa shape index (κ1) is 48.4. The van der Waals surface area contributed by atoms with Gasteiger partial charge in [0.1, 0.15) is 11.5 Å². The van der Waals surface area contributed by atoms with Crippen molar-refractivity contribution >= 4 is 23.4 Å². The molecule has 0 unspecified atom stereocenters. The third kappa shape index (κ3) is 11.0. The molecule has 1 fully saturated rings. The van der Waals surface area contributed by atoms with Crippen LogP contribution in [0, 0.1) is 5.41 Å². The highest BCUT2D eigenvalue weighted by molar-refractivity contribution is 6.33. The first-order valence-corrected chi connectivity index (χ1v) is 22.2. The highest BCUT2D eigenvalue weighted by Gasteiger charge is 2.58. The predicted molar refractivity (Wildman–Crippen MR) is 238 cm³/mol. The molecule has 1 saturated carbocycles. The molecule has 0 spiro atoms. The van der Waals surface area contributed by atoms with Crippen molar-refractivity contribution in [3.63, 3.8) is 0 Å². The minimum Gasteiger partial charge on any atom is -0.453 e. The van der Waals surface area contributed by atoms with Gasteiger partial charge in [0.25, 0.3) is 0 Å². The summed E-state index contributed by atoms with van der Waals surface area (Å²) in [7, 11) is 0. The summed E-state index contributed by atoms with van der Waals surface area (Å²) in [6, 6.07) is 24.4. The molecule has 1 aromatic heterocycles. The molecule has 8 nitrogen and oxygen atoms in total. The molecule has 3 aliphatic carbocycles. The molecule has 350 valence electrons. The van der Waals surface area contributed by atoms with Crippen LogP contribution in [-0.2, 0) is 19.1 Å². The van der Waals surface area contributed by atoms with E-state index in [1.807, 2.05) is 63.2 Å². The van der Waals surface area contributed by atoms with Gasteiger partial charge in [0.2, 0.25) is 5.78 Å².